The third-order valence-corrected chi connectivity index (χ3v) is 6.78. The highest BCUT2D eigenvalue weighted by Gasteiger charge is 2.40. The zero-order valence-electron chi connectivity index (χ0n) is 22.2. The molecule has 0 saturated carbocycles. The number of aromatic nitrogens is 2. The van der Waals surface area contributed by atoms with Crippen molar-refractivity contribution in [1.82, 2.24) is 20.2 Å². The van der Waals surface area contributed by atoms with Crippen LogP contribution in [0.25, 0.3) is 0 Å². The average Bonchev–Trinajstić information content (AvgIpc) is 3.45. The summed E-state index contributed by atoms with van der Waals surface area (Å²) in [5.41, 5.74) is 5.94. The van der Waals surface area contributed by atoms with Crippen LogP contribution < -0.4 is 5.32 Å². The highest BCUT2D eigenvalue weighted by Crippen LogP contribution is 2.34. The van der Waals surface area contributed by atoms with Crippen molar-refractivity contribution in [1.29, 1.82) is 0 Å². The fourth-order valence-electron chi connectivity index (χ4n) is 4.03. The molecule has 1 aromatic carbocycles. The van der Waals surface area contributed by atoms with Gasteiger partial charge in [-0.1, -0.05) is 52.3 Å². The molecule has 0 bridgehead atoms. The first kappa shape index (κ1) is 27.1. The summed E-state index contributed by atoms with van der Waals surface area (Å²) in [6.45, 7) is 13.2. The summed E-state index contributed by atoms with van der Waals surface area (Å²) in [6.07, 6.45) is 1.88. The largest absolute Gasteiger partial charge is 0.453 e. The number of aromatic amines is 1. The molecule has 2 amide bonds. The van der Waals surface area contributed by atoms with Crippen molar-refractivity contribution in [2.75, 3.05) is 13.7 Å². The molecule has 3 atom stereocenters. The smallest absolute Gasteiger partial charge is 0.407 e. The molecular formula is C28H36N4O3Si. The van der Waals surface area contributed by atoms with E-state index < -0.39 is 20.2 Å². The van der Waals surface area contributed by atoms with Crippen LogP contribution in [0.3, 0.4) is 0 Å². The molecular weight excluding hydrogens is 468 g/mol. The molecule has 2 N–H and O–H groups in total. The Kier molecular flexibility index (Phi) is 8.65. The van der Waals surface area contributed by atoms with Gasteiger partial charge in [0.2, 0.25) is 5.91 Å². The van der Waals surface area contributed by atoms with Crippen LogP contribution in [-0.4, -0.2) is 54.6 Å². The summed E-state index contributed by atoms with van der Waals surface area (Å²) < 4.78 is 4.72. The van der Waals surface area contributed by atoms with E-state index in [1.54, 1.807) is 6.20 Å². The van der Waals surface area contributed by atoms with Gasteiger partial charge in [0.1, 0.15) is 25.6 Å². The average molecular weight is 505 g/mol. The topological polar surface area (TPSA) is 87.3 Å². The number of hydrogen-bond donors (Lipinski definition) is 2. The predicted molar refractivity (Wildman–Crippen MR) is 144 cm³/mol. The normalized spacial score (nSPS) is 18.1. The minimum atomic E-state index is -1.41. The Bertz CT molecular complexity index is 1210. The van der Waals surface area contributed by atoms with Gasteiger partial charge in [0.05, 0.1) is 19.3 Å². The molecule has 0 aliphatic carbocycles. The van der Waals surface area contributed by atoms with Gasteiger partial charge in [-0.25, -0.2) is 9.78 Å². The van der Waals surface area contributed by atoms with Crippen LogP contribution in [0.1, 0.15) is 55.9 Å². The van der Waals surface area contributed by atoms with Gasteiger partial charge in [-0.2, -0.15) is 0 Å². The lowest BCUT2D eigenvalue weighted by Crippen LogP contribution is -2.51. The van der Waals surface area contributed by atoms with Gasteiger partial charge in [0.25, 0.3) is 0 Å². The molecule has 0 spiro atoms. The fraction of sp³-hybridized carbons (Fsp3) is 0.464. The SMILES string of the molecule is COC(=O)NC(C(=O)N1CC(C)CC1c1ncc(C#Cc2ccc(C#C[Si](C)(C)C)cc2)[nH]1)C(C)C. The van der Waals surface area contributed by atoms with Crippen LogP contribution in [0.4, 0.5) is 4.79 Å². The zero-order chi connectivity index (χ0) is 26.5. The van der Waals surface area contributed by atoms with E-state index in [4.69, 9.17) is 4.74 Å². The van der Waals surface area contributed by atoms with Crippen LogP contribution >= 0.6 is 0 Å². The molecule has 36 heavy (non-hydrogen) atoms. The van der Waals surface area contributed by atoms with Crippen molar-refractivity contribution in [2.24, 2.45) is 11.8 Å². The Morgan fingerprint density at radius 2 is 1.78 bits per heavy atom. The molecule has 1 aromatic heterocycles. The number of benzene rings is 1. The lowest BCUT2D eigenvalue weighted by atomic mass is 10.0. The number of alkyl carbamates (subject to hydrolysis) is 1. The van der Waals surface area contributed by atoms with Crippen LogP contribution in [0.2, 0.25) is 19.6 Å². The summed E-state index contributed by atoms with van der Waals surface area (Å²) in [7, 11) is -0.117. The third-order valence-electron chi connectivity index (χ3n) is 5.90. The second kappa shape index (κ2) is 11.5. The maximum Gasteiger partial charge on any atom is 0.407 e. The molecule has 1 fully saturated rings. The molecule has 8 heteroatoms. The van der Waals surface area contributed by atoms with Crippen molar-refractivity contribution < 1.29 is 14.3 Å². The number of amides is 2. The highest BCUT2D eigenvalue weighted by atomic mass is 28.3. The second-order valence-corrected chi connectivity index (χ2v) is 15.5. The minimum Gasteiger partial charge on any atom is -0.453 e. The number of carbonyl (C=O) groups excluding carboxylic acids is 2. The van der Waals surface area contributed by atoms with E-state index in [1.165, 1.54) is 7.11 Å². The Labute approximate surface area is 215 Å². The molecule has 3 rings (SSSR count). The standard InChI is InChI=1S/C28H36N4O3Si/c1-19(2)25(31-28(34)35-4)27(33)32-18-20(3)16-24(32)26-29-17-23(30-26)13-12-21-8-10-22(11-9-21)14-15-36(5,6)7/h8-11,17,19-20,24-25H,16,18H2,1-7H3,(H,29,30)(H,31,34). The van der Waals surface area contributed by atoms with Crippen molar-refractivity contribution in [3.05, 3.63) is 53.1 Å². The van der Waals surface area contributed by atoms with E-state index in [0.717, 1.165) is 17.5 Å². The molecule has 190 valence electrons. The Hall–Kier alpha value is -3.49. The van der Waals surface area contributed by atoms with E-state index in [9.17, 15) is 9.59 Å². The number of methoxy groups -OCH3 is 1. The summed E-state index contributed by atoms with van der Waals surface area (Å²) in [4.78, 5) is 34.8. The summed E-state index contributed by atoms with van der Waals surface area (Å²) in [5, 5.41) is 2.68. The molecule has 3 unspecified atom stereocenters. The molecule has 0 radical (unpaired) electrons. The van der Waals surface area contributed by atoms with Crippen LogP contribution in [0.15, 0.2) is 30.5 Å². The van der Waals surface area contributed by atoms with E-state index in [0.29, 0.717) is 24.0 Å². The van der Waals surface area contributed by atoms with Gasteiger partial charge in [0.15, 0.2) is 0 Å². The number of hydrogen-bond acceptors (Lipinski definition) is 4. The molecule has 1 aliphatic heterocycles. The van der Waals surface area contributed by atoms with Crippen LogP contribution in [0.5, 0.6) is 0 Å². The third kappa shape index (κ3) is 7.25. The molecule has 7 nitrogen and oxygen atoms in total. The molecule has 1 aliphatic rings. The minimum absolute atomic E-state index is 0.0842. The Morgan fingerprint density at radius 1 is 1.14 bits per heavy atom. The number of ether oxygens (including phenoxy) is 1. The Morgan fingerprint density at radius 3 is 2.36 bits per heavy atom. The van der Waals surface area contributed by atoms with E-state index in [-0.39, 0.29) is 17.9 Å². The van der Waals surface area contributed by atoms with Crippen LogP contribution in [0, 0.1) is 35.1 Å². The lowest BCUT2D eigenvalue weighted by Gasteiger charge is -2.30. The summed E-state index contributed by atoms with van der Waals surface area (Å²) >= 11 is 0. The second-order valence-electron chi connectivity index (χ2n) is 10.7. The van der Waals surface area contributed by atoms with E-state index >= 15 is 0 Å². The first-order valence-corrected chi connectivity index (χ1v) is 15.8. The van der Waals surface area contributed by atoms with Crippen molar-refractivity contribution >= 4 is 20.1 Å². The van der Waals surface area contributed by atoms with Gasteiger partial charge in [0, 0.05) is 17.7 Å². The van der Waals surface area contributed by atoms with Gasteiger partial charge in [-0.05, 0) is 48.4 Å². The molecule has 1 saturated heterocycles. The van der Waals surface area contributed by atoms with Crippen molar-refractivity contribution in [3.8, 4) is 23.3 Å². The van der Waals surface area contributed by atoms with Crippen molar-refractivity contribution in [3.63, 3.8) is 0 Å². The number of imidazole rings is 1. The number of likely N-dealkylation sites (tertiary alicyclic amines) is 1. The first-order chi connectivity index (χ1) is 17.0. The van der Waals surface area contributed by atoms with Gasteiger partial charge < -0.3 is 19.9 Å². The number of rotatable bonds is 4. The fourth-order valence-corrected chi connectivity index (χ4v) is 4.55. The number of nitrogens with one attached hydrogen (secondary N) is 2. The zero-order valence-corrected chi connectivity index (χ0v) is 23.2. The van der Waals surface area contributed by atoms with E-state index in [1.807, 2.05) is 43.0 Å². The summed E-state index contributed by atoms with van der Waals surface area (Å²) in [6, 6.07) is 7.06. The van der Waals surface area contributed by atoms with Gasteiger partial charge in [-0.3, -0.25) is 4.79 Å². The number of H-pyrrole nitrogens is 1. The Balaban J connectivity index is 1.75. The maximum atomic E-state index is 13.4. The number of carbonyl (C=O) groups is 2. The van der Waals surface area contributed by atoms with E-state index in [2.05, 4.69) is 65.2 Å². The number of nitrogens with zero attached hydrogens (tertiary/aromatic N) is 2. The quantitative estimate of drug-likeness (QED) is 0.479. The monoisotopic (exact) mass is 504 g/mol. The first-order valence-electron chi connectivity index (χ1n) is 12.3. The summed E-state index contributed by atoms with van der Waals surface area (Å²) in [5.74, 6) is 10.4. The highest BCUT2D eigenvalue weighted by molar-refractivity contribution is 6.83. The predicted octanol–water partition coefficient (Wildman–Crippen LogP) is 4.33. The maximum absolute atomic E-state index is 13.4. The van der Waals surface area contributed by atoms with Crippen LogP contribution in [-0.2, 0) is 9.53 Å². The van der Waals surface area contributed by atoms with Crippen molar-refractivity contribution in [2.45, 2.75) is 58.9 Å². The molecule has 2 aromatic rings. The lowest BCUT2D eigenvalue weighted by molar-refractivity contribution is -0.135. The molecule has 2 heterocycles. The van der Waals surface area contributed by atoms with Gasteiger partial charge in [-0.15, -0.1) is 5.54 Å². The van der Waals surface area contributed by atoms with Gasteiger partial charge >= 0.3 is 6.09 Å².